The molecule has 12 rings (SSSR count). The maximum atomic E-state index is 2.45. The van der Waals surface area contributed by atoms with E-state index in [9.17, 15) is 0 Å². The van der Waals surface area contributed by atoms with Gasteiger partial charge >= 0.3 is 0 Å². The lowest BCUT2D eigenvalue weighted by molar-refractivity contribution is 0.893. The summed E-state index contributed by atoms with van der Waals surface area (Å²) in [4.78, 5) is 0. The molecule has 0 fully saturated rings. The van der Waals surface area contributed by atoms with Gasteiger partial charge in [0.15, 0.2) is 0 Å². The van der Waals surface area contributed by atoms with Crippen molar-refractivity contribution in [3.63, 3.8) is 0 Å². The highest BCUT2D eigenvalue weighted by molar-refractivity contribution is 6.25. The van der Waals surface area contributed by atoms with Crippen molar-refractivity contribution in [2.75, 3.05) is 0 Å². The number of nitrogens with zero attached hydrogens (tertiary/aromatic N) is 1. The molecule has 0 radical (unpaired) electrons. The van der Waals surface area contributed by atoms with E-state index < -0.39 is 0 Å². The number of allylic oxidation sites excluding steroid dienone is 7. The molecule has 0 N–H and O–H groups in total. The topological polar surface area (TPSA) is 4.93 Å². The third-order valence-corrected chi connectivity index (χ3v) is 11.8. The van der Waals surface area contributed by atoms with Gasteiger partial charge in [0, 0.05) is 22.4 Å². The number of hydrogen-bond donors (Lipinski definition) is 0. The molecule has 0 saturated heterocycles. The second-order valence-corrected chi connectivity index (χ2v) is 14.4. The number of hydrogen-bond acceptors (Lipinski definition) is 0. The third-order valence-electron chi connectivity index (χ3n) is 11.8. The van der Waals surface area contributed by atoms with E-state index >= 15 is 0 Å². The van der Waals surface area contributed by atoms with Crippen molar-refractivity contribution in [2.24, 2.45) is 0 Å². The minimum absolute atomic E-state index is 0.343. The Balaban J connectivity index is 1.10. The lowest BCUT2D eigenvalue weighted by Crippen LogP contribution is -2.17. The van der Waals surface area contributed by atoms with E-state index in [0.29, 0.717) is 5.92 Å². The van der Waals surface area contributed by atoms with Crippen LogP contribution in [0.5, 0.6) is 0 Å². The Morgan fingerprint density at radius 3 is 2.02 bits per heavy atom. The summed E-state index contributed by atoms with van der Waals surface area (Å²) in [5.41, 5.74) is 15.9. The van der Waals surface area contributed by atoms with Crippen LogP contribution in [0.4, 0.5) is 0 Å². The van der Waals surface area contributed by atoms with Gasteiger partial charge in [-0.3, -0.25) is 0 Å². The molecule has 8 aromatic carbocycles. The second kappa shape index (κ2) is 10.1. The number of benzene rings is 8. The van der Waals surface area contributed by atoms with Gasteiger partial charge in [-0.25, -0.2) is 0 Å². The Morgan fingerprint density at radius 2 is 1.22 bits per heavy atom. The van der Waals surface area contributed by atoms with Crippen molar-refractivity contribution in [2.45, 2.75) is 12.3 Å². The van der Waals surface area contributed by atoms with E-state index in [1.165, 1.54) is 110 Å². The molecule has 1 heterocycles. The summed E-state index contributed by atoms with van der Waals surface area (Å²) < 4.78 is 2.43. The average Bonchev–Trinajstić information content (AvgIpc) is 3.52. The molecular weight excluding hydrogens is 615 g/mol. The highest BCUT2D eigenvalue weighted by Gasteiger charge is 2.31. The van der Waals surface area contributed by atoms with E-state index in [1.54, 1.807) is 0 Å². The standard InChI is InChI=1S/C50H31N/c1-2-10-38(11-3-1)51-45-26-20-36(39-22-16-34-14-12-30-6-4-8-32-18-24-41(39)49(34)47(30)32)28-43(45)44-29-37(21-27-46(44)51)40-23-17-35-15-13-31-7-5-9-33-19-25-42(40)50(35)48(31)33/h1-14,16-29,48H,15H2. The molecule has 0 spiro atoms. The molecule has 236 valence electrons. The first-order valence-corrected chi connectivity index (χ1v) is 18.0. The Morgan fingerprint density at radius 1 is 0.510 bits per heavy atom. The molecule has 9 aromatic rings. The van der Waals surface area contributed by atoms with Gasteiger partial charge in [-0.15, -0.1) is 0 Å². The van der Waals surface area contributed by atoms with Gasteiger partial charge in [0.05, 0.1) is 11.0 Å². The summed E-state index contributed by atoms with van der Waals surface area (Å²) in [6.45, 7) is 0. The number of rotatable bonds is 3. The highest BCUT2D eigenvalue weighted by atomic mass is 15.0. The lowest BCUT2D eigenvalue weighted by Gasteiger charge is -2.34. The fourth-order valence-electron chi connectivity index (χ4n) is 9.57. The maximum absolute atomic E-state index is 2.45. The van der Waals surface area contributed by atoms with Crippen LogP contribution in [0.2, 0.25) is 0 Å². The van der Waals surface area contributed by atoms with Crippen LogP contribution in [-0.2, 0) is 6.42 Å². The van der Waals surface area contributed by atoms with Gasteiger partial charge in [-0.1, -0.05) is 134 Å². The monoisotopic (exact) mass is 645 g/mol. The van der Waals surface area contributed by atoms with E-state index in [1.807, 2.05) is 0 Å². The molecule has 1 nitrogen and oxygen atoms in total. The second-order valence-electron chi connectivity index (χ2n) is 14.4. The fourth-order valence-corrected chi connectivity index (χ4v) is 9.57. The van der Waals surface area contributed by atoms with E-state index in [4.69, 9.17) is 0 Å². The van der Waals surface area contributed by atoms with Crippen molar-refractivity contribution in [1.29, 1.82) is 0 Å². The minimum atomic E-state index is 0.343. The molecule has 1 heteroatoms. The van der Waals surface area contributed by atoms with Gasteiger partial charge in [-0.2, -0.15) is 0 Å². The molecule has 1 atom stereocenters. The Kier molecular flexibility index (Phi) is 5.40. The molecular formula is C50H31N. The molecule has 0 bridgehead atoms. The van der Waals surface area contributed by atoms with Crippen molar-refractivity contribution < 1.29 is 0 Å². The van der Waals surface area contributed by atoms with Gasteiger partial charge in [0.1, 0.15) is 0 Å². The maximum Gasteiger partial charge on any atom is 0.0541 e. The van der Waals surface area contributed by atoms with Gasteiger partial charge in [0.25, 0.3) is 0 Å². The number of para-hydroxylation sites is 1. The predicted molar refractivity (Wildman–Crippen MR) is 216 cm³/mol. The fraction of sp³-hybridized carbons (Fsp3) is 0.0400. The molecule has 3 aliphatic carbocycles. The number of aromatic nitrogens is 1. The van der Waals surface area contributed by atoms with E-state index in [-0.39, 0.29) is 0 Å². The van der Waals surface area contributed by atoms with Crippen molar-refractivity contribution >= 4 is 60.2 Å². The summed E-state index contributed by atoms with van der Waals surface area (Å²) in [6.07, 6.45) is 14.9. The SMILES string of the molecule is C1=CC2=CCc3ccc(-c4ccc5c(c4)c4cc(-c6ccc7ccc8cccc9ccc6c7c89)ccc4n5-c4ccccc4)c4c3C2C(=C1)C=C4. The molecule has 51 heavy (non-hydrogen) atoms. The molecule has 0 amide bonds. The van der Waals surface area contributed by atoms with Crippen LogP contribution in [0.15, 0.2) is 175 Å². The van der Waals surface area contributed by atoms with Gasteiger partial charge in [-0.05, 0) is 125 Å². The average molecular weight is 646 g/mol. The summed E-state index contributed by atoms with van der Waals surface area (Å²) in [7, 11) is 0. The predicted octanol–water partition coefficient (Wildman–Crippen LogP) is 13.1. The van der Waals surface area contributed by atoms with Crippen LogP contribution in [0.25, 0.3) is 88.1 Å². The summed E-state index contributed by atoms with van der Waals surface area (Å²) >= 11 is 0. The van der Waals surface area contributed by atoms with Crippen LogP contribution in [0.3, 0.4) is 0 Å². The molecule has 0 aliphatic heterocycles. The van der Waals surface area contributed by atoms with E-state index in [0.717, 1.165) is 6.42 Å². The first-order chi connectivity index (χ1) is 25.3. The zero-order valence-corrected chi connectivity index (χ0v) is 27.9. The van der Waals surface area contributed by atoms with Crippen LogP contribution >= 0.6 is 0 Å². The Labute approximate surface area is 295 Å². The Bertz CT molecular complexity index is 3070. The van der Waals surface area contributed by atoms with Crippen LogP contribution < -0.4 is 0 Å². The Hall–Kier alpha value is -6.44. The first kappa shape index (κ1) is 27.4. The zero-order valence-electron chi connectivity index (χ0n) is 27.9. The molecule has 1 unspecified atom stereocenters. The smallest absolute Gasteiger partial charge is 0.0541 e. The lowest BCUT2D eigenvalue weighted by atomic mass is 9.70. The van der Waals surface area contributed by atoms with Crippen molar-refractivity contribution in [3.05, 3.63) is 192 Å². The van der Waals surface area contributed by atoms with Gasteiger partial charge < -0.3 is 4.57 Å². The number of fused-ring (bicyclic) bond motifs is 3. The molecule has 3 aliphatic rings. The van der Waals surface area contributed by atoms with Crippen LogP contribution in [0, 0.1) is 0 Å². The van der Waals surface area contributed by atoms with Crippen LogP contribution in [0.1, 0.15) is 22.6 Å². The highest BCUT2D eigenvalue weighted by Crippen LogP contribution is 2.49. The molecule has 1 aromatic heterocycles. The van der Waals surface area contributed by atoms with Crippen LogP contribution in [-0.4, -0.2) is 4.57 Å². The third kappa shape index (κ3) is 3.75. The van der Waals surface area contributed by atoms with Crippen molar-refractivity contribution in [3.8, 4) is 27.9 Å². The van der Waals surface area contributed by atoms with Gasteiger partial charge in [0.2, 0.25) is 0 Å². The minimum Gasteiger partial charge on any atom is -0.309 e. The summed E-state index contributed by atoms with van der Waals surface area (Å²) in [5, 5.41) is 10.5. The summed E-state index contributed by atoms with van der Waals surface area (Å²) in [6, 6.07) is 50.2. The first-order valence-electron chi connectivity index (χ1n) is 18.0. The zero-order chi connectivity index (χ0) is 33.2. The van der Waals surface area contributed by atoms with E-state index in [2.05, 4.69) is 174 Å². The molecule has 0 saturated carbocycles. The largest absolute Gasteiger partial charge is 0.309 e. The van der Waals surface area contributed by atoms with Crippen molar-refractivity contribution in [1.82, 2.24) is 4.57 Å². The quantitative estimate of drug-likeness (QED) is 0.169. The summed E-state index contributed by atoms with van der Waals surface area (Å²) in [5.74, 6) is 0.343. The normalized spacial score (nSPS) is 16.0.